The predicted octanol–water partition coefficient (Wildman–Crippen LogP) is 13.9. The summed E-state index contributed by atoms with van der Waals surface area (Å²) in [4.78, 5) is 0. The van der Waals surface area contributed by atoms with E-state index in [0.29, 0.717) is 0 Å². The van der Waals surface area contributed by atoms with E-state index in [9.17, 15) is 0 Å². The largest absolute Gasteiger partial charge is 0.308 e. The molecule has 5 aromatic carbocycles. The maximum Gasteiger partial charge on any atom is 0.218 e. The van der Waals surface area contributed by atoms with Gasteiger partial charge >= 0.3 is 0 Å². The van der Waals surface area contributed by atoms with Crippen molar-refractivity contribution < 1.29 is 9.13 Å². The zero-order chi connectivity index (χ0) is 40.2. The van der Waals surface area contributed by atoms with Crippen LogP contribution < -0.4 is 9.13 Å². The van der Waals surface area contributed by atoms with Crippen LogP contribution in [0.5, 0.6) is 0 Å². The molecule has 0 radical (unpaired) electrons. The van der Waals surface area contributed by atoms with Gasteiger partial charge in [0, 0.05) is 84.4 Å². The smallest absolute Gasteiger partial charge is 0.218 e. The summed E-state index contributed by atoms with van der Waals surface area (Å²) in [5.74, 6) is 0. The summed E-state index contributed by atoms with van der Waals surface area (Å²) in [5.41, 5.74) is 14.3. The van der Waals surface area contributed by atoms with Gasteiger partial charge in [-0.3, -0.25) is 0 Å². The Bertz CT molecular complexity index is 3310. The number of aryl methyl sites for hydroxylation is 2. The summed E-state index contributed by atoms with van der Waals surface area (Å²) in [5, 5.41) is 8.10. The van der Waals surface area contributed by atoms with Gasteiger partial charge in [-0.15, -0.1) is 11.3 Å². The van der Waals surface area contributed by atoms with E-state index in [2.05, 4.69) is 182 Å². The first kappa shape index (κ1) is 36.3. The Morgan fingerprint density at radius 2 is 1.41 bits per heavy atom. The van der Waals surface area contributed by atoms with E-state index < -0.39 is 0 Å². The molecule has 0 fully saturated rings. The average molecular weight is 786 g/mol. The Morgan fingerprint density at radius 1 is 0.661 bits per heavy atom. The summed E-state index contributed by atoms with van der Waals surface area (Å²) in [6.45, 7) is 16.7. The van der Waals surface area contributed by atoms with Crippen molar-refractivity contribution in [2.45, 2.75) is 78.7 Å². The first-order valence-electron chi connectivity index (χ1n) is 21.5. The second-order valence-corrected chi connectivity index (χ2v) is 19.4. The zero-order valence-electron chi connectivity index (χ0n) is 34.9. The molecule has 290 valence electrons. The predicted molar refractivity (Wildman–Crippen MR) is 251 cm³/mol. The SMILES string of the molecule is C=C1CC(CC)(CC)[n+]2ccc(CC(C)(C)C)cc2-c2cc3c4cc5c6ccccc6sc5c5c6ccccc6n(c3cc2CCc2ccccc2-c2cccc[n+]21)c45. The summed E-state index contributed by atoms with van der Waals surface area (Å²) < 4.78 is 10.4. The van der Waals surface area contributed by atoms with Gasteiger partial charge in [0.1, 0.15) is 0 Å². The fourth-order valence-electron chi connectivity index (χ4n) is 10.7. The zero-order valence-corrected chi connectivity index (χ0v) is 35.7. The maximum absolute atomic E-state index is 4.85. The molecule has 3 nitrogen and oxygen atoms in total. The molecule has 0 atom stereocenters. The number of allylic oxidation sites excluding steroid dienone is 1. The van der Waals surface area contributed by atoms with Crippen LogP contribution in [0.3, 0.4) is 0 Å². The Balaban J connectivity index is 1.28. The second kappa shape index (κ2) is 13.3. The number of para-hydroxylation sites is 1. The lowest BCUT2D eigenvalue weighted by atomic mass is 9.84. The van der Waals surface area contributed by atoms with E-state index >= 15 is 0 Å². The summed E-state index contributed by atoms with van der Waals surface area (Å²) in [6, 6.07) is 46.3. The minimum Gasteiger partial charge on any atom is -0.308 e. The molecule has 1 aliphatic heterocycles. The minimum absolute atomic E-state index is 0.156. The molecule has 11 rings (SSSR count). The third kappa shape index (κ3) is 5.52. The van der Waals surface area contributed by atoms with Gasteiger partial charge in [0.25, 0.3) is 0 Å². The molecule has 5 aromatic heterocycles. The van der Waals surface area contributed by atoms with E-state index in [-0.39, 0.29) is 11.0 Å². The van der Waals surface area contributed by atoms with Gasteiger partial charge in [-0.05, 0) is 90.4 Å². The van der Waals surface area contributed by atoms with Crippen LogP contribution in [0, 0.1) is 5.41 Å². The van der Waals surface area contributed by atoms with Gasteiger partial charge in [0.15, 0.2) is 23.6 Å². The topological polar surface area (TPSA) is 12.2 Å². The van der Waals surface area contributed by atoms with Crippen LogP contribution in [0.4, 0.5) is 0 Å². The number of aromatic nitrogens is 3. The first-order chi connectivity index (χ1) is 28.7. The van der Waals surface area contributed by atoms with Crippen molar-refractivity contribution in [1.82, 2.24) is 4.40 Å². The van der Waals surface area contributed by atoms with Gasteiger partial charge in [-0.25, -0.2) is 0 Å². The lowest BCUT2D eigenvalue weighted by Gasteiger charge is -2.28. The van der Waals surface area contributed by atoms with E-state index in [0.717, 1.165) is 44.2 Å². The molecule has 0 aliphatic carbocycles. The summed E-state index contributed by atoms with van der Waals surface area (Å²) in [7, 11) is 0. The normalized spacial score (nSPS) is 14.7. The molecule has 4 heteroatoms. The number of fused-ring (bicyclic) bond motifs is 16. The van der Waals surface area contributed by atoms with E-state index in [1.165, 1.54) is 97.5 Å². The van der Waals surface area contributed by atoms with Crippen molar-refractivity contribution in [3.05, 3.63) is 157 Å². The van der Waals surface area contributed by atoms with Crippen molar-refractivity contribution >= 4 is 75.3 Å². The molecule has 0 amide bonds. The number of benzene rings is 5. The molecule has 59 heavy (non-hydrogen) atoms. The molecule has 0 unspecified atom stereocenters. The van der Waals surface area contributed by atoms with Gasteiger partial charge in [0.2, 0.25) is 11.4 Å². The standard InChI is InChI=1S/C55H51N3S/c1-7-55(8-2)33-35(3)56-27-16-15-21-46(56)39-18-10-9-17-37(39)24-25-38-30-49-43(31-42(38)48-29-36(26-28-57(48)55)34-54(4,5)6)44-32-45-40-19-12-14-23-50(40)59-53(45)51-41-20-11-13-22-47(41)58(49)52(44)51/h9-23,26-32H,3,7-8,24-25,33-34H2,1-2,4-6H3/q+2. The highest BCUT2D eigenvalue weighted by Gasteiger charge is 2.43. The highest BCUT2D eigenvalue weighted by molar-refractivity contribution is 7.26. The molecule has 0 saturated carbocycles. The quantitative estimate of drug-likeness (QED) is 0.158. The number of thiophene rings is 1. The fourth-order valence-corrected chi connectivity index (χ4v) is 12.0. The molecule has 0 saturated heterocycles. The maximum atomic E-state index is 4.85. The van der Waals surface area contributed by atoms with Gasteiger partial charge in [-0.2, -0.15) is 9.13 Å². The molecular weight excluding hydrogens is 735 g/mol. The molecule has 0 spiro atoms. The van der Waals surface area contributed by atoms with Crippen molar-refractivity contribution in [2.75, 3.05) is 0 Å². The fraction of sp³-hybridized carbons (Fsp3) is 0.236. The molecule has 0 N–H and O–H groups in total. The van der Waals surface area contributed by atoms with Crippen LogP contribution >= 0.6 is 11.3 Å². The Labute approximate surface area is 350 Å². The average Bonchev–Trinajstić information content (AvgIpc) is 3.90. The lowest BCUT2D eigenvalue weighted by molar-refractivity contribution is -0.758. The Hall–Kier alpha value is -5.84. The Kier molecular flexibility index (Phi) is 8.20. The van der Waals surface area contributed by atoms with Crippen LogP contribution in [0.1, 0.15) is 70.6 Å². The van der Waals surface area contributed by atoms with Gasteiger partial charge in [0.05, 0.1) is 28.5 Å². The highest BCUT2D eigenvalue weighted by atomic mass is 32.1. The van der Waals surface area contributed by atoms with Crippen LogP contribution in [-0.2, 0) is 24.8 Å². The van der Waals surface area contributed by atoms with Gasteiger partial charge < -0.3 is 4.40 Å². The minimum atomic E-state index is -0.195. The number of hydrogen-bond acceptors (Lipinski definition) is 1. The summed E-state index contributed by atoms with van der Waals surface area (Å²) in [6.07, 6.45) is 10.3. The molecule has 10 aromatic rings. The van der Waals surface area contributed by atoms with Crippen LogP contribution in [-0.4, -0.2) is 4.40 Å². The Morgan fingerprint density at radius 3 is 2.24 bits per heavy atom. The lowest BCUT2D eigenvalue weighted by Crippen LogP contribution is -2.58. The number of rotatable bonds is 3. The van der Waals surface area contributed by atoms with E-state index in [1.807, 2.05) is 11.3 Å². The number of pyridine rings is 2. The van der Waals surface area contributed by atoms with Crippen LogP contribution in [0.15, 0.2) is 140 Å². The second-order valence-electron chi connectivity index (χ2n) is 18.3. The number of hydrogen-bond donors (Lipinski definition) is 0. The molecule has 0 bridgehead atoms. The molecule has 6 heterocycles. The van der Waals surface area contributed by atoms with Crippen molar-refractivity contribution in [2.24, 2.45) is 5.41 Å². The van der Waals surface area contributed by atoms with Crippen molar-refractivity contribution in [3.8, 4) is 22.5 Å². The van der Waals surface area contributed by atoms with Gasteiger partial charge in [-0.1, -0.05) is 89.2 Å². The van der Waals surface area contributed by atoms with E-state index in [1.54, 1.807) is 0 Å². The van der Waals surface area contributed by atoms with E-state index in [4.69, 9.17) is 6.58 Å². The van der Waals surface area contributed by atoms with Crippen molar-refractivity contribution in [3.63, 3.8) is 0 Å². The number of nitrogens with zero attached hydrogens (tertiary/aromatic N) is 3. The van der Waals surface area contributed by atoms with Crippen LogP contribution in [0.25, 0.3) is 86.5 Å². The monoisotopic (exact) mass is 785 g/mol. The van der Waals surface area contributed by atoms with Crippen molar-refractivity contribution in [1.29, 1.82) is 0 Å². The summed E-state index contributed by atoms with van der Waals surface area (Å²) >= 11 is 1.94. The first-order valence-corrected chi connectivity index (χ1v) is 22.4. The molecular formula is C55H51N3S+2. The highest BCUT2D eigenvalue weighted by Crippen LogP contribution is 2.48. The van der Waals surface area contributed by atoms with Crippen LogP contribution in [0.2, 0.25) is 0 Å². The molecule has 1 aliphatic rings. The third-order valence-corrected chi connectivity index (χ3v) is 14.8. The third-order valence-electron chi connectivity index (χ3n) is 13.6.